The van der Waals surface area contributed by atoms with Crippen LogP contribution in [0.5, 0.6) is 0 Å². The molecule has 5 aromatic rings. The Bertz CT molecular complexity index is 1210. The van der Waals surface area contributed by atoms with Crippen LogP contribution in [0.1, 0.15) is 0 Å². The maximum atomic E-state index is 2.31. The summed E-state index contributed by atoms with van der Waals surface area (Å²) in [6, 6.07) is 34.7. The van der Waals surface area contributed by atoms with E-state index in [1.807, 2.05) is 0 Å². The van der Waals surface area contributed by atoms with Gasteiger partial charge in [-0.2, -0.15) is 0 Å². The zero-order valence-corrected chi connectivity index (χ0v) is 14.7. The molecule has 0 aliphatic carbocycles. The first-order valence-electron chi connectivity index (χ1n) is 8.94. The Hall–Kier alpha value is -3.32. The summed E-state index contributed by atoms with van der Waals surface area (Å²) in [4.78, 5) is 0. The first-order chi connectivity index (χ1) is 12.8. The topological polar surface area (TPSA) is 4.93 Å². The molecule has 0 saturated heterocycles. The molecule has 0 spiro atoms. The fourth-order valence-electron chi connectivity index (χ4n) is 3.83. The number of fused-ring (bicyclic) bond motifs is 3. The summed E-state index contributed by atoms with van der Waals surface area (Å²) < 4.78 is 2.30. The van der Waals surface area contributed by atoms with Gasteiger partial charge in [0, 0.05) is 28.9 Å². The molecule has 1 heteroatoms. The average Bonchev–Trinajstić information content (AvgIpc) is 3.01. The van der Waals surface area contributed by atoms with Crippen molar-refractivity contribution in [2.24, 2.45) is 7.05 Å². The van der Waals surface area contributed by atoms with Crippen LogP contribution in [-0.2, 0) is 7.05 Å². The van der Waals surface area contributed by atoms with Gasteiger partial charge in [-0.15, -0.1) is 0 Å². The van der Waals surface area contributed by atoms with Gasteiger partial charge in [0.15, 0.2) is 0 Å². The molecule has 0 aliphatic heterocycles. The van der Waals surface area contributed by atoms with E-state index in [9.17, 15) is 0 Å². The average molecular weight is 333 g/mol. The maximum Gasteiger partial charge on any atom is 0.0494 e. The predicted octanol–water partition coefficient (Wildman–Crippen LogP) is 6.67. The first kappa shape index (κ1) is 15.0. The minimum Gasteiger partial charge on any atom is -0.344 e. The number of aryl methyl sites for hydroxylation is 1. The van der Waals surface area contributed by atoms with Crippen LogP contribution in [0.25, 0.3) is 44.1 Å². The summed E-state index contributed by atoms with van der Waals surface area (Å²) in [6.45, 7) is 0. The normalized spacial score (nSPS) is 11.3. The van der Waals surface area contributed by atoms with E-state index in [-0.39, 0.29) is 0 Å². The predicted molar refractivity (Wildman–Crippen MR) is 111 cm³/mol. The Morgan fingerprint density at radius 2 is 1.04 bits per heavy atom. The second-order valence-corrected chi connectivity index (χ2v) is 6.75. The van der Waals surface area contributed by atoms with Gasteiger partial charge in [0.25, 0.3) is 0 Å². The highest BCUT2D eigenvalue weighted by Gasteiger charge is 2.10. The van der Waals surface area contributed by atoms with E-state index in [2.05, 4.69) is 109 Å². The van der Waals surface area contributed by atoms with Crippen LogP contribution in [0.3, 0.4) is 0 Å². The lowest BCUT2D eigenvalue weighted by molar-refractivity contribution is 1.01. The number of rotatable bonds is 2. The van der Waals surface area contributed by atoms with Gasteiger partial charge in [0.1, 0.15) is 0 Å². The summed E-state index contributed by atoms with van der Waals surface area (Å²) in [7, 11) is 2.15. The smallest absolute Gasteiger partial charge is 0.0494 e. The highest BCUT2D eigenvalue weighted by Crippen LogP contribution is 2.34. The molecular formula is C25H19N. The molecule has 124 valence electrons. The Balaban J connectivity index is 1.74. The molecule has 0 radical (unpaired) electrons. The van der Waals surface area contributed by atoms with Crippen molar-refractivity contribution in [1.82, 2.24) is 4.57 Å². The molecule has 26 heavy (non-hydrogen) atoms. The number of aromatic nitrogens is 1. The van der Waals surface area contributed by atoms with Gasteiger partial charge >= 0.3 is 0 Å². The van der Waals surface area contributed by atoms with Crippen LogP contribution >= 0.6 is 0 Å². The molecule has 0 atom stereocenters. The molecule has 1 heterocycles. The van der Waals surface area contributed by atoms with Crippen LogP contribution in [0.4, 0.5) is 0 Å². The number of hydrogen-bond donors (Lipinski definition) is 0. The molecule has 1 nitrogen and oxygen atoms in total. The van der Waals surface area contributed by atoms with Gasteiger partial charge in [-0.1, -0.05) is 78.9 Å². The second kappa shape index (κ2) is 5.89. The summed E-state index contributed by atoms with van der Waals surface area (Å²) in [5, 5.41) is 2.61. The number of nitrogens with zero attached hydrogens (tertiary/aromatic N) is 1. The molecule has 0 N–H and O–H groups in total. The molecule has 0 aliphatic rings. The van der Waals surface area contributed by atoms with Gasteiger partial charge in [0.05, 0.1) is 0 Å². The fourth-order valence-corrected chi connectivity index (χ4v) is 3.83. The number of benzene rings is 4. The van der Waals surface area contributed by atoms with E-state index >= 15 is 0 Å². The largest absolute Gasteiger partial charge is 0.344 e. The van der Waals surface area contributed by atoms with Crippen molar-refractivity contribution in [3.63, 3.8) is 0 Å². The van der Waals surface area contributed by atoms with Crippen molar-refractivity contribution >= 4 is 21.8 Å². The fraction of sp³-hybridized carbons (Fsp3) is 0.0400. The van der Waals surface area contributed by atoms with Crippen molar-refractivity contribution in [1.29, 1.82) is 0 Å². The van der Waals surface area contributed by atoms with Crippen LogP contribution in [0, 0.1) is 0 Å². The Kier molecular flexibility index (Phi) is 3.39. The van der Waals surface area contributed by atoms with Crippen LogP contribution < -0.4 is 0 Å². The van der Waals surface area contributed by atoms with E-state index < -0.39 is 0 Å². The lowest BCUT2D eigenvalue weighted by Gasteiger charge is -2.03. The van der Waals surface area contributed by atoms with Crippen molar-refractivity contribution in [3.05, 3.63) is 97.1 Å². The third kappa shape index (κ3) is 2.33. The lowest BCUT2D eigenvalue weighted by atomic mass is 10.0. The van der Waals surface area contributed by atoms with Crippen LogP contribution in [0.2, 0.25) is 0 Å². The van der Waals surface area contributed by atoms with Gasteiger partial charge in [-0.3, -0.25) is 0 Å². The van der Waals surface area contributed by atoms with Crippen molar-refractivity contribution in [3.8, 4) is 22.3 Å². The van der Waals surface area contributed by atoms with Gasteiger partial charge < -0.3 is 4.57 Å². The summed E-state index contributed by atoms with van der Waals surface area (Å²) >= 11 is 0. The lowest BCUT2D eigenvalue weighted by Crippen LogP contribution is -1.87. The minimum absolute atomic E-state index is 1.25. The van der Waals surface area contributed by atoms with E-state index in [1.54, 1.807) is 0 Å². The Morgan fingerprint density at radius 3 is 1.69 bits per heavy atom. The highest BCUT2D eigenvalue weighted by molar-refractivity contribution is 6.10. The summed E-state index contributed by atoms with van der Waals surface area (Å²) in [5.41, 5.74) is 7.57. The van der Waals surface area contributed by atoms with Crippen LogP contribution in [0.15, 0.2) is 97.1 Å². The van der Waals surface area contributed by atoms with Crippen molar-refractivity contribution in [2.75, 3.05) is 0 Å². The summed E-state index contributed by atoms with van der Waals surface area (Å²) in [5.74, 6) is 0. The monoisotopic (exact) mass is 333 g/mol. The molecule has 0 saturated carbocycles. The van der Waals surface area contributed by atoms with Gasteiger partial charge in [-0.05, 0) is 40.5 Å². The molecule has 5 rings (SSSR count). The maximum absolute atomic E-state index is 2.31. The molecule has 0 unspecified atom stereocenters. The molecule has 4 aromatic carbocycles. The molecule has 0 bridgehead atoms. The molecular weight excluding hydrogens is 314 g/mol. The second-order valence-electron chi connectivity index (χ2n) is 6.75. The van der Waals surface area contributed by atoms with Gasteiger partial charge in [-0.25, -0.2) is 0 Å². The Labute approximate surface area is 153 Å². The number of hydrogen-bond acceptors (Lipinski definition) is 0. The van der Waals surface area contributed by atoms with Gasteiger partial charge in [0.2, 0.25) is 0 Å². The quantitative estimate of drug-likeness (QED) is 0.340. The molecule has 0 fully saturated rings. The third-order valence-corrected chi connectivity index (χ3v) is 5.22. The van der Waals surface area contributed by atoms with E-state index in [0.29, 0.717) is 0 Å². The zero-order valence-electron chi connectivity index (χ0n) is 14.7. The standard InChI is InChI=1S/C25H19N/c1-26-24-15-13-20(18-8-4-2-5-9-18)16-23(24)22-14-12-21(17-25(22)26)19-10-6-3-7-11-19/h2-17H,1H3. The highest BCUT2D eigenvalue weighted by atomic mass is 14.9. The molecule has 0 amide bonds. The summed E-state index contributed by atoms with van der Waals surface area (Å²) in [6.07, 6.45) is 0. The van der Waals surface area contributed by atoms with E-state index in [1.165, 1.54) is 44.1 Å². The Morgan fingerprint density at radius 1 is 0.462 bits per heavy atom. The van der Waals surface area contributed by atoms with Crippen LogP contribution in [-0.4, -0.2) is 4.57 Å². The van der Waals surface area contributed by atoms with Crippen molar-refractivity contribution < 1.29 is 0 Å². The third-order valence-electron chi connectivity index (χ3n) is 5.22. The first-order valence-corrected chi connectivity index (χ1v) is 8.94. The molecule has 1 aromatic heterocycles. The zero-order chi connectivity index (χ0) is 17.5. The van der Waals surface area contributed by atoms with E-state index in [4.69, 9.17) is 0 Å². The SMILES string of the molecule is Cn1c2ccc(-c3ccccc3)cc2c2ccc(-c3ccccc3)cc21. The van der Waals surface area contributed by atoms with Crippen molar-refractivity contribution in [2.45, 2.75) is 0 Å². The van der Waals surface area contributed by atoms with E-state index in [0.717, 1.165) is 0 Å². The minimum atomic E-state index is 1.25.